The number of nitrogens with one attached hydrogen (secondary N) is 1. The zero-order valence-electron chi connectivity index (χ0n) is 16.6. The van der Waals surface area contributed by atoms with Gasteiger partial charge in [0.2, 0.25) is 15.9 Å². The van der Waals surface area contributed by atoms with Crippen molar-refractivity contribution in [3.8, 4) is 5.75 Å². The van der Waals surface area contributed by atoms with Crippen LogP contribution in [0.2, 0.25) is 0 Å². The smallest absolute Gasteiger partial charge is 0.243 e. The molecule has 0 heterocycles. The Kier molecular flexibility index (Phi) is 7.95. The summed E-state index contributed by atoms with van der Waals surface area (Å²) in [7, 11) is -3.61. The van der Waals surface area contributed by atoms with Crippen molar-refractivity contribution in [2.75, 3.05) is 17.2 Å². The number of amides is 1. The van der Waals surface area contributed by atoms with E-state index in [0.29, 0.717) is 18.0 Å². The lowest BCUT2D eigenvalue weighted by Gasteiger charge is -2.30. The molecule has 0 spiro atoms. The molecule has 1 aromatic rings. The van der Waals surface area contributed by atoms with Crippen LogP contribution in [0, 0.1) is 0 Å². The van der Waals surface area contributed by atoms with Crippen molar-refractivity contribution in [1.82, 2.24) is 5.32 Å². The van der Waals surface area contributed by atoms with Crippen molar-refractivity contribution < 1.29 is 17.9 Å². The van der Waals surface area contributed by atoms with Crippen LogP contribution in [0.1, 0.15) is 58.8 Å². The monoisotopic (exact) mass is 396 g/mol. The van der Waals surface area contributed by atoms with Crippen molar-refractivity contribution >= 4 is 21.6 Å². The molecule has 0 bridgehead atoms. The van der Waals surface area contributed by atoms with E-state index in [-0.39, 0.29) is 11.9 Å². The van der Waals surface area contributed by atoms with E-state index in [1.165, 1.54) is 23.6 Å². The summed E-state index contributed by atoms with van der Waals surface area (Å²) in [6, 6.07) is 6.09. The van der Waals surface area contributed by atoms with Gasteiger partial charge in [0.1, 0.15) is 11.8 Å². The van der Waals surface area contributed by atoms with Gasteiger partial charge in [-0.2, -0.15) is 0 Å². The summed E-state index contributed by atoms with van der Waals surface area (Å²) < 4.78 is 31.4. The van der Waals surface area contributed by atoms with E-state index in [9.17, 15) is 13.2 Å². The highest BCUT2D eigenvalue weighted by molar-refractivity contribution is 7.92. The molecule has 0 saturated heterocycles. The maximum Gasteiger partial charge on any atom is 0.243 e. The number of rotatable bonds is 7. The minimum atomic E-state index is -3.61. The molecule has 152 valence electrons. The van der Waals surface area contributed by atoms with Gasteiger partial charge in [-0.25, -0.2) is 8.42 Å². The number of ether oxygens (including phenoxy) is 1. The number of carbonyl (C=O) groups excluding carboxylic acids is 1. The molecule has 7 heteroatoms. The van der Waals surface area contributed by atoms with Gasteiger partial charge in [0.05, 0.1) is 18.6 Å². The van der Waals surface area contributed by atoms with Gasteiger partial charge in [0, 0.05) is 6.04 Å². The van der Waals surface area contributed by atoms with Gasteiger partial charge in [0.15, 0.2) is 0 Å². The lowest BCUT2D eigenvalue weighted by Crippen LogP contribution is -2.50. The van der Waals surface area contributed by atoms with E-state index in [4.69, 9.17) is 4.74 Å². The Labute approximate surface area is 163 Å². The van der Waals surface area contributed by atoms with Crippen molar-refractivity contribution in [2.45, 2.75) is 70.9 Å². The molecule has 1 amide bonds. The summed E-state index contributed by atoms with van der Waals surface area (Å²) in [5, 5.41) is 3.07. The number of hydrogen-bond acceptors (Lipinski definition) is 4. The largest absolute Gasteiger partial charge is 0.494 e. The second-order valence-corrected chi connectivity index (χ2v) is 9.07. The molecule has 1 fully saturated rings. The lowest BCUT2D eigenvalue weighted by atomic mass is 9.96. The molecule has 0 radical (unpaired) electrons. The zero-order chi connectivity index (χ0) is 19.9. The molecule has 1 saturated carbocycles. The SMILES string of the molecule is CCOc1ccc(N([C@H](C)C(=O)NC2CCCCCCC2)S(C)(=O)=O)cc1. The van der Waals surface area contributed by atoms with Gasteiger partial charge in [-0.15, -0.1) is 0 Å². The van der Waals surface area contributed by atoms with Crippen molar-refractivity contribution in [1.29, 1.82) is 0 Å². The summed E-state index contributed by atoms with van der Waals surface area (Å²) in [5.74, 6) is 0.418. The molecular weight excluding hydrogens is 364 g/mol. The van der Waals surface area contributed by atoms with Crippen LogP contribution in [0.25, 0.3) is 0 Å². The minimum absolute atomic E-state index is 0.127. The van der Waals surface area contributed by atoms with E-state index in [0.717, 1.165) is 31.9 Å². The maximum atomic E-state index is 12.8. The van der Waals surface area contributed by atoms with E-state index in [1.807, 2.05) is 6.92 Å². The predicted molar refractivity (Wildman–Crippen MR) is 109 cm³/mol. The normalized spacial score (nSPS) is 17.4. The van der Waals surface area contributed by atoms with Gasteiger partial charge in [-0.3, -0.25) is 9.10 Å². The van der Waals surface area contributed by atoms with Crippen molar-refractivity contribution in [3.63, 3.8) is 0 Å². The van der Waals surface area contributed by atoms with Gasteiger partial charge in [-0.1, -0.05) is 32.1 Å². The fraction of sp³-hybridized carbons (Fsp3) is 0.650. The van der Waals surface area contributed by atoms with Gasteiger partial charge < -0.3 is 10.1 Å². The van der Waals surface area contributed by atoms with E-state index >= 15 is 0 Å². The summed E-state index contributed by atoms with van der Waals surface area (Å²) >= 11 is 0. The lowest BCUT2D eigenvalue weighted by molar-refractivity contribution is -0.122. The predicted octanol–water partition coefficient (Wildman–Crippen LogP) is 3.47. The van der Waals surface area contributed by atoms with Crippen LogP contribution in [0.5, 0.6) is 5.75 Å². The molecule has 1 aliphatic carbocycles. The zero-order valence-corrected chi connectivity index (χ0v) is 17.4. The molecule has 1 N–H and O–H groups in total. The number of hydrogen-bond donors (Lipinski definition) is 1. The Morgan fingerprint density at radius 1 is 1.15 bits per heavy atom. The molecule has 6 nitrogen and oxygen atoms in total. The average Bonchev–Trinajstić information content (AvgIpc) is 2.57. The Morgan fingerprint density at radius 2 is 1.70 bits per heavy atom. The van der Waals surface area contributed by atoms with Gasteiger partial charge in [0.25, 0.3) is 0 Å². The van der Waals surface area contributed by atoms with Crippen LogP contribution >= 0.6 is 0 Å². The van der Waals surface area contributed by atoms with Crippen LogP contribution in [0.4, 0.5) is 5.69 Å². The Morgan fingerprint density at radius 3 is 2.22 bits per heavy atom. The fourth-order valence-electron chi connectivity index (χ4n) is 3.59. The minimum Gasteiger partial charge on any atom is -0.494 e. The van der Waals surface area contributed by atoms with Gasteiger partial charge >= 0.3 is 0 Å². The number of benzene rings is 1. The molecule has 27 heavy (non-hydrogen) atoms. The topological polar surface area (TPSA) is 75.7 Å². The fourth-order valence-corrected chi connectivity index (χ4v) is 4.76. The molecular formula is C20H32N2O4S. The third kappa shape index (κ3) is 6.41. The summed E-state index contributed by atoms with van der Waals surface area (Å²) in [6.45, 7) is 4.06. The molecule has 0 unspecified atom stereocenters. The second-order valence-electron chi connectivity index (χ2n) is 7.21. The molecule has 0 aliphatic heterocycles. The molecule has 1 aliphatic rings. The molecule has 1 atom stereocenters. The number of nitrogens with zero attached hydrogens (tertiary/aromatic N) is 1. The second kappa shape index (κ2) is 9.97. The standard InChI is InChI=1S/C20H32N2O4S/c1-4-26-19-14-12-18(13-15-19)22(27(3,24)25)16(2)20(23)21-17-10-8-6-5-7-9-11-17/h12-17H,4-11H2,1-3H3,(H,21,23)/t16-/m1/s1. The Bertz CT molecular complexity index is 695. The summed E-state index contributed by atoms with van der Waals surface area (Å²) in [4.78, 5) is 12.8. The van der Waals surface area contributed by atoms with Crippen molar-refractivity contribution in [3.05, 3.63) is 24.3 Å². The maximum absolute atomic E-state index is 12.8. The van der Waals surface area contributed by atoms with Crippen LogP contribution < -0.4 is 14.4 Å². The first-order valence-electron chi connectivity index (χ1n) is 9.85. The summed E-state index contributed by atoms with van der Waals surface area (Å²) in [6.07, 6.45) is 8.91. The van der Waals surface area contributed by atoms with Gasteiger partial charge in [-0.05, 0) is 51.0 Å². The highest BCUT2D eigenvalue weighted by Crippen LogP contribution is 2.24. The first kappa shape index (κ1) is 21.5. The third-order valence-electron chi connectivity index (χ3n) is 4.94. The Balaban J connectivity index is 2.13. The number of sulfonamides is 1. The molecule has 0 aromatic heterocycles. The summed E-state index contributed by atoms with van der Waals surface area (Å²) in [5.41, 5.74) is 0.460. The van der Waals surface area contributed by atoms with Crippen molar-refractivity contribution in [2.24, 2.45) is 0 Å². The van der Waals surface area contributed by atoms with Crippen LogP contribution in [0.3, 0.4) is 0 Å². The number of anilines is 1. The van der Waals surface area contributed by atoms with Crippen LogP contribution in [-0.4, -0.2) is 39.3 Å². The highest BCUT2D eigenvalue weighted by Gasteiger charge is 2.30. The molecule has 2 rings (SSSR count). The molecule has 1 aromatic carbocycles. The number of carbonyl (C=O) groups is 1. The van der Waals surface area contributed by atoms with E-state index < -0.39 is 16.1 Å². The van der Waals surface area contributed by atoms with Crippen LogP contribution in [0.15, 0.2) is 24.3 Å². The Hall–Kier alpha value is -1.76. The van der Waals surface area contributed by atoms with E-state index in [2.05, 4.69) is 5.32 Å². The quantitative estimate of drug-likeness (QED) is 0.766. The third-order valence-corrected chi connectivity index (χ3v) is 6.18. The highest BCUT2D eigenvalue weighted by atomic mass is 32.2. The first-order chi connectivity index (χ1) is 12.8. The van der Waals surface area contributed by atoms with Crippen LogP contribution in [-0.2, 0) is 14.8 Å². The van der Waals surface area contributed by atoms with E-state index in [1.54, 1.807) is 31.2 Å². The first-order valence-corrected chi connectivity index (χ1v) is 11.7. The average molecular weight is 397 g/mol.